The first-order valence-corrected chi connectivity index (χ1v) is 15.9. The minimum atomic E-state index is -3.87. The van der Waals surface area contributed by atoms with Crippen LogP contribution in [0, 0.1) is 6.92 Å². The van der Waals surface area contributed by atoms with Crippen LogP contribution in [0.3, 0.4) is 0 Å². The van der Waals surface area contributed by atoms with Gasteiger partial charge in [0, 0.05) is 57.2 Å². The Morgan fingerprint density at radius 3 is 2.43 bits per heavy atom. The van der Waals surface area contributed by atoms with E-state index in [1.807, 2.05) is 6.92 Å². The zero-order chi connectivity index (χ0) is 32.0. The zero-order valence-corrected chi connectivity index (χ0v) is 25.9. The quantitative estimate of drug-likeness (QED) is 0.143. The summed E-state index contributed by atoms with van der Waals surface area (Å²) in [5.74, 6) is 0.110. The average molecular weight is 642 g/mol. The van der Waals surface area contributed by atoms with Gasteiger partial charge < -0.3 is 39.4 Å². The number of hydrogen-bond acceptors (Lipinski definition) is 12. The summed E-state index contributed by atoms with van der Waals surface area (Å²) in [4.78, 5) is 28.7. The fourth-order valence-electron chi connectivity index (χ4n) is 4.37. The van der Waals surface area contributed by atoms with E-state index in [0.717, 1.165) is 5.56 Å². The largest absolute Gasteiger partial charge is 0.390 e. The molecule has 1 aliphatic heterocycles. The number of anilines is 1. The molecule has 3 rings (SSSR count). The molecule has 0 saturated carbocycles. The molecule has 2 aromatic rings. The lowest BCUT2D eigenvalue weighted by molar-refractivity contribution is -0.0547. The van der Waals surface area contributed by atoms with Crippen LogP contribution in [0.4, 0.5) is 5.82 Å². The molecule has 1 fully saturated rings. The molecule has 0 radical (unpaired) electrons. The maximum absolute atomic E-state index is 12.5. The molecule has 0 aliphatic carbocycles. The fourth-order valence-corrected chi connectivity index (χ4v) is 4.93. The van der Waals surface area contributed by atoms with Crippen LogP contribution in [0.1, 0.15) is 41.4 Å². The number of rotatable bonds is 20. The summed E-state index contributed by atoms with van der Waals surface area (Å²) in [6.07, 6.45) is 1.50. The van der Waals surface area contributed by atoms with E-state index in [2.05, 4.69) is 15.6 Å². The number of methoxy groups -OCH3 is 1. The molecule has 0 bridgehead atoms. The first kappa shape index (κ1) is 35.5. The van der Waals surface area contributed by atoms with Gasteiger partial charge in [0.05, 0.1) is 44.0 Å². The van der Waals surface area contributed by atoms with Crippen molar-refractivity contribution in [3.8, 4) is 0 Å². The zero-order valence-electron chi connectivity index (χ0n) is 25.1. The number of hydrogen-bond donors (Lipinski definition) is 4. The number of ether oxygens (including phenoxy) is 5. The van der Waals surface area contributed by atoms with E-state index in [0.29, 0.717) is 77.8 Å². The molecule has 44 heavy (non-hydrogen) atoms. The minimum Gasteiger partial charge on any atom is -0.390 e. The third kappa shape index (κ3) is 11.5. The molecule has 1 aliphatic rings. The molecular formula is C28H43N5O10S. The van der Waals surface area contributed by atoms with E-state index in [9.17, 15) is 23.1 Å². The molecule has 1 amide bonds. The Hall–Kier alpha value is -2.96. The van der Waals surface area contributed by atoms with Crippen molar-refractivity contribution in [1.82, 2.24) is 14.9 Å². The molecule has 3 unspecified atom stereocenters. The van der Waals surface area contributed by atoms with E-state index in [4.69, 9.17) is 28.8 Å². The summed E-state index contributed by atoms with van der Waals surface area (Å²) >= 11 is 0. The Bertz CT molecular complexity index is 1360. The van der Waals surface area contributed by atoms with Gasteiger partial charge in [-0.1, -0.05) is 6.07 Å². The number of carbonyl (C=O) groups excluding carboxylic acids is 1. The number of nitrogens with one attached hydrogen (secondary N) is 2. The van der Waals surface area contributed by atoms with E-state index < -0.39 is 34.1 Å². The highest BCUT2D eigenvalue weighted by Crippen LogP contribution is 2.28. The Kier molecular flexibility index (Phi) is 14.6. The average Bonchev–Trinajstić information content (AvgIpc) is 3.35. The Labute approximate surface area is 257 Å². The maximum Gasteiger partial charge on any atom is 0.351 e. The number of carbonyl (C=O) groups is 1. The summed E-state index contributed by atoms with van der Waals surface area (Å²) in [7, 11) is -2.34. The third-order valence-electron chi connectivity index (χ3n) is 6.66. The van der Waals surface area contributed by atoms with E-state index in [-0.39, 0.29) is 23.0 Å². The second-order valence-corrected chi connectivity index (χ2v) is 11.7. The molecule has 5 N–H and O–H groups in total. The van der Waals surface area contributed by atoms with Crippen molar-refractivity contribution in [2.24, 2.45) is 5.14 Å². The SMILES string of the molecule is COCC1OC(n2cc(C)c(NCCCOCCOCCOCCCNC(=O)c3cccc(S(N)(=O)=O)c3)nc2=O)CC1O. The van der Waals surface area contributed by atoms with Crippen LogP contribution in [0.25, 0.3) is 0 Å². The number of aromatic nitrogens is 2. The molecule has 1 aromatic heterocycles. The smallest absolute Gasteiger partial charge is 0.351 e. The predicted octanol–water partition coefficient (Wildman–Crippen LogP) is 0.166. The molecule has 15 nitrogen and oxygen atoms in total. The second-order valence-electron chi connectivity index (χ2n) is 10.1. The van der Waals surface area contributed by atoms with Crippen LogP contribution in [-0.4, -0.2) is 108 Å². The van der Waals surface area contributed by atoms with Crippen molar-refractivity contribution in [2.45, 2.75) is 49.5 Å². The first-order chi connectivity index (χ1) is 21.1. The molecule has 3 atom stereocenters. The number of nitrogens with two attached hydrogens (primary N) is 1. The van der Waals surface area contributed by atoms with Crippen LogP contribution < -0.4 is 21.5 Å². The normalized spacial score (nSPS) is 18.4. The molecular weight excluding hydrogens is 598 g/mol. The van der Waals surface area contributed by atoms with Gasteiger partial charge >= 0.3 is 5.69 Å². The van der Waals surface area contributed by atoms with Gasteiger partial charge in [-0.3, -0.25) is 9.36 Å². The molecule has 0 spiro atoms. The lowest BCUT2D eigenvalue weighted by Gasteiger charge is -2.17. The number of amides is 1. The molecule has 2 heterocycles. The molecule has 16 heteroatoms. The van der Waals surface area contributed by atoms with Crippen LogP contribution in [-0.2, 0) is 33.7 Å². The first-order valence-electron chi connectivity index (χ1n) is 14.4. The monoisotopic (exact) mass is 641 g/mol. The number of primary sulfonamides is 1. The van der Waals surface area contributed by atoms with Gasteiger partial charge in [-0.2, -0.15) is 4.98 Å². The fraction of sp³-hybridized carbons (Fsp3) is 0.607. The number of benzene rings is 1. The van der Waals surface area contributed by atoms with Crippen molar-refractivity contribution in [3.05, 3.63) is 52.1 Å². The van der Waals surface area contributed by atoms with Gasteiger partial charge in [-0.05, 0) is 38.0 Å². The van der Waals surface area contributed by atoms with Gasteiger partial charge in [0.1, 0.15) is 18.1 Å². The Morgan fingerprint density at radius 2 is 1.77 bits per heavy atom. The molecule has 1 aromatic carbocycles. The Morgan fingerprint density at radius 1 is 1.11 bits per heavy atom. The minimum absolute atomic E-state index is 0.115. The summed E-state index contributed by atoms with van der Waals surface area (Å²) in [6, 6.07) is 5.55. The van der Waals surface area contributed by atoms with E-state index in [1.165, 1.54) is 35.9 Å². The highest BCUT2D eigenvalue weighted by Gasteiger charge is 2.35. The predicted molar refractivity (Wildman–Crippen MR) is 160 cm³/mol. The van der Waals surface area contributed by atoms with Crippen LogP contribution in [0.5, 0.6) is 0 Å². The van der Waals surface area contributed by atoms with Crippen LogP contribution in [0.15, 0.2) is 40.2 Å². The van der Waals surface area contributed by atoms with Gasteiger partial charge in [0.25, 0.3) is 5.91 Å². The highest BCUT2D eigenvalue weighted by atomic mass is 32.2. The second kappa shape index (κ2) is 18.1. The third-order valence-corrected chi connectivity index (χ3v) is 7.57. The van der Waals surface area contributed by atoms with Crippen molar-refractivity contribution < 1.29 is 42.0 Å². The lowest BCUT2D eigenvalue weighted by Crippen LogP contribution is -2.29. The number of aliphatic hydroxyl groups excluding tert-OH is 1. The van der Waals surface area contributed by atoms with Crippen molar-refractivity contribution in [1.29, 1.82) is 0 Å². The van der Waals surface area contributed by atoms with Gasteiger partial charge in [-0.25, -0.2) is 18.4 Å². The van der Waals surface area contributed by atoms with Gasteiger partial charge in [-0.15, -0.1) is 0 Å². The number of nitrogens with zero attached hydrogens (tertiary/aromatic N) is 2. The van der Waals surface area contributed by atoms with Crippen molar-refractivity contribution in [3.63, 3.8) is 0 Å². The van der Waals surface area contributed by atoms with Gasteiger partial charge in [0.15, 0.2) is 0 Å². The van der Waals surface area contributed by atoms with Gasteiger partial charge in [0.2, 0.25) is 10.0 Å². The summed E-state index contributed by atoms with van der Waals surface area (Å²) in [5.41, 5.74) is 0.546. The number of sulfonamides is 1. The maximum atomic E-state index is 12.5. The molecule has 1 saturated heterocycles. The van der Waals surface area contributed by atoms with E-state index in [1.54, 1.807) is 6.20 Å². The number of aryl methyl sites for hydroxylation is 1. The summed E-state index contributed by atoms with van der Waals surface area (Å²) in [5, 5.41) is 21.1. The highest BCUT2D eigenvalue weighted by molar-refractivity contribution is 7.89. The summed E-state index contributed by atoms with van der Waals surface area (Å²) < 4.78 is 51.6. The lowest BCUT2D eigenvalue weighted by atomic mass is 10.2. The number of aliphatic hydroxyl groups is 1. The topological polar surface area (TPSA) is 203 Å². The van der Waals surface area contributed by atoms with Crippen molar-refractivity contribution >= 4 is 21.7 Å². The van der Waals surface area contributed by atoms with E-state index >= 15 is 0 Å². The Balaban J connectivity index is 1.17. The van der Waals surface area contributed by atoms with Crippen LogP contribution in [0.2, 0.25) is 0 Å². The standard InChI is InChI=1S/C28H43N5O10S/c1-20-18-33(25-17-23(34)24(43-25)19-39-2)28(36)32-26(20)30-8-4-10-40-12-14-42-15-13-41-11-5-9-31-27(35)21-6-3-7-22(16-21)44(29,37)38/h3,6-7,16,18,23-25,34H,4-5,8-15,17,19H2,1-2H3,(H,31,35)(H2,29,37,38)(H,30,32,36). The van der Waals surface area contributed by atoms with Crippen molar-refractivity contribution in [2.75, 3.05) is 71.8 Å². The molecule has 246 valence electrons. The van der Waals surface area contributed by atoms with Crippen LogP contribution >= 0.6 is 0 Å². The summed E-state index contributed by atoms with van der Waals surface area (Å²) in [6.45, 7) is 5.65.